The van der Waals surface area contributed by atoms with Crippen LogP contribution < -0.4 is 14.2 Å². The molecular formula is C20H21FO5. The number of carbonyl (C=O) groups excluding carboxylic acids is 1. The summed E-state index contributed by atoms with van der Waals surface area (Å²) >= 11 is 0. The van der Waals surface area contributed by atoms with Gasteiger partial charge in [0.05, 0.1) is 21.3 Å². The minimum atomic E-state index is -0.518. The van der Waals surface area contributed by atoms with Gasteiger partial charge in [-0.3, -0.25) is 0 Å². The summed E-state index contributed by atoms with van der Waals surface area (Å²) < 4.78 is 34.1. The summed E-state index contributed by atoms with van der Waals surface area (Å²) in [5.41, 5.74) is 1.40. The molecule has 0 bridgehead atoms. The largest absolute Gasteiger partial charge is 0.493 e. The zero-order valence-electron chi connectivity index (χ0n) is 15.1. The molecule has 0 unspecified atom stereocenters. The Kier molecular flexibility index (Phi) is 6.60. The Hall–Kier alpha value is -3.02. The van der Waals surface area contributed by atoms with Crippen LogP contribution in [0.3, 0.4) is 0 Å². The quantitative estimate of drug-likeness (QED) is 0.548. The molecule has 0 fully saturated rings. The first kappa shape index (κ1) is 19.3. The maximum Gasteiger partial charge on any atom is 0.331 e. The Bertz CT molecular complexity index is 758. The highest BCUT2D eigenvalue weighted by Gasteiger charge is 2.13. The molecule has 0 aliphatic carbocycles. The van der Waals surface area contributed by atoms with Crippen molar-refractivity contribution in [2.24, 2.45) is 0 Å². The van der Waals surface area contributed by atoms with Gasteiger partial charge in [0.2, 0.25) is 5.75 Å². The summed E-state index contributed by atoms with van der Waals surface area (Å²) in [5, 5.41) is 0. The van der Waals surface area contributed by atoms with Gasteiger partial charge >= 0.3 is 5.97 Å². The van der Waals surface area contributed by atoms with Gasteiger partial charge in [-0.05, 0) is 48.4 Å². The maximum atomic E-state index is 13.0. The van der Waals surface area contributed by atoms with E-state index in [9.17, 15) is 9.18 Å². The number of methoxy groups -OCH3 is 3. The number of esters is 1. The van der Waals surface area contributed by atoms with E-state index in [2.05, 4.69) is 0 Å². The average Bonchev–Trinajstić information content (AvgIpc) is 2.65. The maximum absolute atomic E-state index is 13.0. The van der Waals surface area contributed by atoms with E-state index in [0.717, 1.165) is 0 Å². The Balaban J connectivity index is 2.11. The van der Waals surface area contributed by atoms with E-state index in [0.29, 0.717) is 28.4 Å². The van der Waals surface area contributed by atoms with Crippen LogP contribution in [0.2, 0.25) is 0 Å². The fourth-order valence-corrected chi connectivity index (χ4v) is 2.38. The van der Waals surface area contributed by atoms with Gasteiger partial charge in [-0.15, -0.1) is 0 Å². The van der Waals surface area contributed by atoms with Crippen molar-refractivity contribution < 1.29 is 28.1 Å². The first-order chi connectivity index (χ1) is 12.5. The standard InChI is InChI=1S/C20H21FO5/c1-13(15-6-8-16(21)9-7-15)26-19(22)10-5-14-11-17(23-2)20(25-4)18(12-14)24-3/h5-13H,1-4H3/b10-5+/t13-/m1/s1. The van der Waals surface area contributed by atoms with Gasteiger partial charge in [0.1, 0.15) is 11.9 Å². The van der Waals surface area contributed by atoms with Gasteiger partial charge in [-0.25, -0.2) is 9.18 Å². The lowest BCUT2D eigenvalue weighted by Crippen LogP contribution is -2.06. The number of rotatable bonds is 7. The summed E-state index contributed by atoms with van der Waals surface area (Å²) in [6.45, 7) is 1.72. The third-order valence-corrected chi connectivity index (χ3v) is 3.73. The second-order valence-electron chi connectivity index (χ2n) is 5.42. The number of benzene rings is 2. The number of hydrogen-bond acceptors (Lipinski definition) is 5. The van der Waals surface area contributed by atoms with Crippen molar-refractivity contribution in [3.63, 3.8) is 0 Å². The summed E-state index contributed by atoms with van der Waals surface area (Å²) in [5.74, 6) is 0.587. The molecule has 0 radical (unpaired) electrons. The monoisotopic (exact) mass is 360 g/mol. The minimum Gasteiger partial charge on any atom is -0.493 e. The Morgan fingerprint density at radius 3 is 2.08 bits per heavy atom. The molecule has 1 atom stereocenters. The van der Waals surface area contributed by atoms with Crippen LogP contribution in [0, 0.1) is 5.82 Å². The molecule has 0 aromatic heterocycles. The zero-order valence-corrected chi connectivity index (χ0v) is 15.1. The van der Waals surface area contributed by atoms with Crippen LogP contribution >= 0.6 is 0 Å². The van der Waals surface area contributed by atoms with Crippen LogP contribution in [0.25, 0.3) is 6.08 Å². The van der Waals surface area contributed by atoms with Crippen LogP contribution in [0.1, 0.15) is 24.2 Å². The smallest absolute Gasteiger partial charge is 0.331 e. The molecule has 2 aromatic carbocycles. The molecule has 0 saturated heterocycles. The van der Waals surface area contributed by atoms with Gasteiger partial charge < -0.3 is 18.9 Å². The first-order valence-electron chi connectivity index (χ1n) is 7.92. The zero-order chi connectivity index (χ0) is 19.1. The van der Waals surface area contributed by atoms with Gasteiger partial charge in [0, 0.05) is 6.08 Å². The SMILES string of the molecule is COc1cc(/C=C/C(=O)O[C@H](C)c2ccc(F)cc2)cc(OC)c1OC. The van der Waals surface area contributed by atoms with Gasteiger partial charge in [-0.2, -0.15) is 0 Å². The summed E-state index contributed by atoms with van der Waals surface area (Å²) in [6, 6.07) is 9.24. The van der Waals surface area contributed by atoms with E-state index >= 15 is 0 Å². The highest BCUT2D eigenvalue weighted by molar-refractivity contribution is 5.87. The van der Waals surface area contributed by atoms with E-state index < -0.39 is 12.1 Å². The topological polar surface area (TPSA) is 54.0 Å². The molecular weight excluding hydrogens is 339 g/mol. The molecule has 6 heteroatoms. The average molecular weight is 360 g/mol. The fourth-order valence-electron chi connectivity index (χ4n) is 2.38. The number of carbonyl (C=O) groups is 1. The van der Waals surface area contributed by atoms with E-state index in [1.54, 1.807) is 37.3 Å². The van der Waals surface area contributed by atoms with E-state index in [1.165, 1.54) is 39.5 Å². The van der Waals surface area contributed by atoms with Crippen molar-refractivity contribution >= 4 is 12.0 Å². The second kappa shape index (κ2) is 8.89. The molecule has 5 nitrogen and oxygen atoms in total. The van der Waals surface area contributed by atoms with Crippen LogP contribution in [-0.4, -0.2) is 27.3 Å². The molecule has 0 aliphatic heterocycles. The molecule has 2 rings (SSSR count). The molecule has 138 valence electrons. The van der Waals surface area contributed by atoms with Crippen LogP contribution in [0.5, 0.6) is 17.2 Å². The third-order valence-electron chi connectivity index (χ3n) is 3.73. The third kappa shape index (κ3) is 4.75. The highest BCUT2D eigenvalue weighted by atomic mass is 19.1. The lowest BCUT2D eigenvalue weighted by molar-refractivity contribution is -0.142. The molecule has 0 spiro atoms. The predicted octanol–water partition coefficient (Wildman–Crippen LogP) is 4.17. The fraction of sp³-hybridized carbons (Fsp3) is 0.250. The summed E-state index contributed by atoms with van der Waals surface area (Å²) in [4.78, 5) is 12.0. The normalized spacial score (nSPS) is 11.9. The van der Waals surface area contributed by atoms with Crippen molar-refractivity contribution in [1.29, 1.82) is 0 Å². The van der Waals surface area contributed by atoms with Crippen molar-refractivity contribution in [1.82, 2.24) is 0 Å². The predicted molar refractivity (Wildman–Crippen MR) is 96.0 cm³/mol. The molecule has 0 N–H and O–H groups in total. The van der Waals surface area contributed by atoms with Crippen LogP contribution in [-0.2, 0) is 9.53 Å². The molecule has 0 aliphatic rings. The molecule has 0 heterocycles. The summed E-state index contributed by atoms with van der Waals surface area (Å²) in [7, 11) is 4.55. The van der Waals surface area contributed by atoms with E-state index in [1.807, 2.05) is 0 Å². The summed E-state index contributed by atoms with van der Waals surface area (Å²) in [6.07, 6.45) is 2.40. The van der Waals surface area contributed by atoms with Crippen LogP contribution in [0.15, 0.2) is 42.5 Å². The van der Waals surface area contributed by atoms with Crippen LogP contribution in [0.4, 0.5) is 4.39 Å². The lowest BCUT2D eigenvalue weighted by atomic mass is 10.1. The van der Waals surface area contributed by atoms with Crippen molar-refractivity contribution in [3.05, 3.63) is 59.4 Å². The number of halogens is 1. The van der Waals surface area contributed by atoms with Crippen molar-refractivity contribution in [2.45, 2.75) is 13.0 Å². The Labute approximate surface area is 151 Å². The van der Waals surface area contributed by atoms with Crippen molar-refractivity contribution in [3.8, 4) is 17.2 Å². The first-order valence-corrected chi connectivity index (χ1v) is 7.92. The Morgan fingerprint density at radius 1 is 1.00 bits per heavy atom. The molecule has 2 aromatic rings. The second-order valence-corrected chi connectivity index (χ2v) is 5.42. The minimum absolute atomic E-state index is 0.338. The molecule has 0 saturated carbocycles. The Morgan fingerprint density at radius 2 is 1.58 bits per heavy atom. The number of hydrogen-bond donors (Lipinski definition) is 0. The van der Waals surface area contributed by atoms with Gasteiger partial charge in [0.15, 0.2) is 11.5 Å². The van der Waals surface area contributed by atoms with E-state index in [-0.39, 0.29) is 5.82 Å². The lowest BCUT2D eigenvalue weighted by Gasteiger charge is -2.13. The van der Waals surface area contributed by atoms with Gasteiger partial charge in [0.25, 0.3) is 0 Å². The van der Waals surface area contributed by atoms with Crippen molar-refractivity contribution in [2.75, 3.05) is 21.3 Å². The van der Waals surface area contributed by atoms with E-state index in [4.69, 9.17) is 18.9 Å². The highest BCUT2D eigenvalue weighted by Crippen LogP contribution is 2.38. The molecule has 26 heavy (non-hydrogen) atoms. The molecule has 0 amide bonds. The number of ether oxygens (including phenoxy) is 4. The van der Waals surface area contributed by atoms with Gasteiger partial charge in [-0.1, -0.05) is 12.1 Å².